The molecule has 1 amide bonds. The van der Waals surface area contributed by atoms with Crippen LogP contribution in [0.15, 0.2) is 54.6 Å². The molecule has 0 heterocycles. The standard InChI is InChI=1S/C18H18F3NO2/c19-18(20,21)13-24-11-10-22-17(23)12-14-6-8-16(9-7-14)15-4-2-1-3-5-15/h1-9H,10-13H2,(H,22,23). The molecule has 24 heavy (non-hydrogen) atoms. The molecule has 0 bridgehead atoms. The smallest absolute Gasteiger partial charge is 0.370 e. The summed E-state index contributed by atoms with van der Waals surface area (Å²) in [4.78, 5) is 11.7. The van der Waals surface area contributed by atoms with Crippen molar-refractivity contribution in [3.05, 3.63) is 60.2 Å². The number of carbonyl (C=O) groups excluding carboxylic acids is 1. The lowest BCUT2D eigenvalue weighted by molar-refractivity contribution is -0.173. The van der Waals surface area contributed by atoms with Crippen molar-refractivity contribution in [2.45, 2.75) is 12.6 Å². The highest BCUT2D eigenvalue weighted by Crippen LogP contribution is 2.19. The number of carbonyl (C=O) groups is 1. The molecule has 0 saturated carbocycles. The molecule has 0 fully saturated rings. The van der Waals surface area contributed by atoms with Gasteiger partial charge < -0.3 is 10.1 Å². The first-order valence-corrected chi connectivity index (χ1v) is 7.49. The van der Waals surface area contributed by atoms with Crippen molar-refractivity contribution in [3.63, 3.8) is 0 Å². The summed E-state index contributed by atoms with van der Waals surface area (Å²) in [7, 11) is 0. The summed E-state index contributed by atoms with van der Waals surface area (Å²) in [5.74, 6) is -0.252. The Balaban J connectivity index is 1.74. The maximum Gasteiger partial charge on any atom is 0.411 e. The molecule has 0 aromatic heterocycles. The van der Waals surface area contributed by atoms with Crippen LogP contribution in [0.2, 0.25) is 0 Å². The van der Waals surface area contributed by atoms with Gasteiger partial charge in [-0.3, -0.25) is 4.79 Å². The van der Waals surface area contributed by atoms with Crippen LogP contribution in [-0.4, -0.2) is 31.8 Å². The van der Waals surface area contributed by atoms with E-state index in [0.29, 0.717) is 0 Å². The van der Waals surface area contributed by atoms with E-state index < -0.39 is 12.8 Å². The Morgan fingerprint density at radius 2 is 1.58 bits per heavy atom. The number of hydrogen-bond donors (Lipinski definition) is 1. The Morgan fingerprint density at radius 3 is 2.21 bits per heavy atom. The van der Waals surface area contributed by atoms with Crippen LogP contribution in [0.3, 0.4) is 0 Å². The molecule has 3 nitrogen and oxygen atoms in total. The number of benzene rings is 2. The molecule has 1 N–H and O–H groups in total. The van der Waals surface area contributed by atoms with Gasteiger partial charge in [-0.05, 0) is 16.7 Å². The summed E-state index contributed by atoms with van der Waals surface area (Å²) in [6, 6.07) is 17.5. The fraction of sp³-hybridized carbons (Fsp3) is 0.278. The molecule has 2 aromatic rings. The van der Waals surface area contributed by atoms with Crippen molar-refractivity contribution in [2.75, 3.05) is 19.8 Å². The number of ether oxygens (including phenoxy) is 1. The first-order chi connectivity index (χ1) is 11.4. The van der Waals surface area contributed by atoms with Crippen molar-refractivity contribution in [2.24, 2.45) is 0 Å². The minimum atomic E-state index is -4.34. The zero-order valence-corrected chi connectivity index (χ0v) is 13.0. The number of rotatable bonds is 7. The highest BCUT2D eigenvalue weighted by atomic mass is 19.4. The molecule has 2 aromatic carbocycles. The Labute approximate surface area is 138 Å². The van der Waals surface area contributed by atoms with Gasteiger partial charge in [-0.15, -0.1) is 0 Å². The fourth-order valence-electron chi connectivity index (χ4n) is 2.14. The van der Waals surface area contributed by atoms with E-state index in [0.717, 1.165) is 16.7 Å². The number of halogens is 3. The Bertz CT molecular complexity index is 640. The Kier molecular flexibility index (Phi) is 6.37. The van der Waals surface area contributed by atoms with Crippen LogP contribution in [0.1, 0.15) is 5.56 Å². The van der Waals surface area contributed by atoms with Crippen molar-refractivity contribution in [3.8, 4) is 11.1 Å². The first kappa shape index (κ1) is 18.0. The predicted molar refractivity (Wildman–Crippen MR) is 85.5 cm³/mol. The SMILES string of the molecule is O=C(Cc1ccc(-c2ccccc2)cc1)NCCOCC(F)(F)F. The summed E-state index contributed by atoms with van der Waals surface area (Å²) < 4.78 is 40.0. The molecule has 0 radical (unpaired) electrons. The first-order valence-electron chi connectivity index (χ1n) is 7.49. The van der Waals surface area contributed by atoms with E-state index in [-0.39, 0.29) is 25.5 Å². The van der Waals surface area contributed by atoms with Crippen LogP contribution >= 0.6 is 0 Å². The average Bonchev–Trinajstić information content (AvgIpc) is 2.55. The molecule has 0 aliphatic heterocycles. The lowest BCUT2D eigenvalue weighted by Crippen LogP contribution is -2.30. The molecule has 6 heteroatoms. The highest BCUT2D eigenvalue weighted by molar-refractivity contribution is 5.78. The third-order valence-corrected chi connectivity index (χ3v) is 3.26. The number of nitrogens with one attached hydrogen (secondary N) is 1. The van der Waals surface area contributed by atoms with Crippen molar-refractivity contribution < 1.29 is 22.7 Å². The molecule has 0 spiro atoms. The fourth-order valence-corrected chi connectivity index (χ4v) is 2.14. The number of amides is 1. The summed E-state index contributed by atoms with van der Waals surface area (Å²) in [6.07, 6.45) is -4.17. The van der Waals surface area contributed by atoms with E-state index in [2.05, 4.69) is 10.1 Å². The van der Waals surface area contributed by atoms with E-state index in [9.17, 15) is 18.0 Å². The molecular formula is C18H18F3NO2. The van der Waals surface area contributed by atoms with Crippen LogP contribution in [0.5, 0.6) is 0 Å². The van der Waals surface area contributed by atoms with Crippen LogP contribution in [0, 0.1) is 0 Å². The van der Waals surface area contributed by atoms with Gasteiger partial charge in [0, 0.05) is 6.54 Å². The van der Waals surface area contributed by atoms with Crippen LogP contribution in [0.25, 0.3) is 11.1 Å². The van der Waals surface area contributed by atoms with E-state index in [1.165, 1.54) is 0 Å². The largest absolute Gasteiger partial charge is 0.411 e. The van der Waals surface area contributed by atoms with E-state index in [1.54, 1.807) is 0 Å². The van der Waals surface area contributed by atoms with Crippen molar-refractivity contribution >= 4 is 5.91 Å². The monoisotopic (exact) mass is 337 g/mol. The lowest BCUT2D eigenvalue weighted by Gasteiger charge is -2.09. The highest BCUT2D eigenvalue weighted by Gasteiger charge is 2.27. The molecule has 0 saturated heterocycles. The van der Waals surface area contributed by atoms with Crippen LogP contribution in [-0.2, 0) is 16.0 Å². The molecule has 0 aliphatic carbocycles. The zero-order valence-electron chi connectivity index (χ0n) is 13.0. The Morgan fingerprint density at radius 1 is 0.958 bits per heavy atom. The zero-order chi connectivity index (χ0) is 17.4. The molecule has 0 unspecified atom stereocenters. The van der Waals surface area contributed by atoms with Gasteiger partial charge in [0.2, 0.25) is 5.91 Å². The molecular weight excluding hydrogens is 319 g/mol. The lowest BCUT2D eigenvalue weighted by atomic mass is 10.0. The topological polar surface area (TPSA) is 38.3 Å². The third kappa shape index (κ3) is 6.42. The second-order valence-electron chi connectivity index (χ2n) is 5.26. The van der Waals surface area contributed by atoms with Crippen LogP contribution < -0.4 is 5.32 Å². The number of alkyl halides is 3. The van der Waals surface area contributed by atoms with Gasteiger partial charge in [-0.25, -0.2) is 0 Å². The molecule has 0 aliphatic rings. The van der Waals surface area contributed by atoms with Gasteiger partial charge in [0.15, 0.2) is 0 Å². The third-order valence-electron chi connectivity index (χ3n) is 3.26. The second kappa shape index (κ2) is 8.49. The summed E-state index contributed by atoms with van der Waals surface area (Å²) in [6.45, 7) is -1.42. The maximum atomic E-state index is 11.9. The molecule has 128 valence electrons. The predicted octanol–water partition coefficient (Wildman–Crippen LogP) is 3.59. The summed E-state index contributed by atoms with van der Waals surface area (Å²) >= 11 is 0. The van der Waals surface area contributed by atoms with E-state index >= 15 is 0 Å². The average molecular weight is 337 g/mol. The minimum Gasteiger partial charge on any atom is -0.370 e. The van der Waals surface area contributed by atoms with Gasteiger partial charge in [0.25, 0.3) is 0 Å². The van der Waals surface area contributed by atoms with Gasteiger partial charge in [-0.2, -0.15) is 13.2 Å². The van der Waals surface area contributed by atoms with Gasteiger partial charge in [0.1, 0.15) is 6.61 Å². The van der Waals surface area contributed by atoms with Gasteiger partial charge in [-0.1, -0.05) is 54.6 Å². The van der Waals surface area contributed by atoms with Crippen molar-refractivity contribution in [1.29, 1.82) is 0 Å². The minimum absolute atomic E-state index is 0.0526. The number of hydrogen-bond acceptors (Lipinski definition) is 2. The normalized spacial score (nSPS) is 11.3. The van der Waals surface area contributed by atoms with Gasteiger partial charge in [0.05, 0.1) is 13.0 Å². The second-order valence-corrected chi connectivity index (χ2v) is 5.26. The van der Waals surface area contributed by atoms with Crippen LogP contribution in [0.4, 0.5) is 13.2 Å². The van der Waals surface area contributed by atoms with E-state index in [1.807, 2.05) is 54.6 Å². The molecule has 0 atom stereocenters. The Hall–Kier alpha value is -2.34. The maximum absolute atomic E-state index is 11.9. The molecule has 2 rings (SSSR count). The van der Waals surface area contributed by atoms with Crippen molar-refractivity contribution in [1.82, 2.24) is 5.32 Å². The summed E-state index contributed by atoms with van der Waals surface area (Å²) in [5.41, 5.74) is 2.99. The quantitative estimate of drug-likeness (QED) is 0.784. The van der Waals surface area contributed by atoms with Gasteiger partial charge >= 0.3 is 6.18 Å². The van der Waals surface area contributed by atoms with E-state index in [4.69, 9.17) is 0 Å². The summed E-state index contributed by atoms with van der Waals surface area (Å²) in [5, 5.41) is 2.53.